The van der Waals surface area contributed by atoms with E-state index in [0.717, 1.165) is 0 Å². The van der Waals surface area contributed by atoms with Gasteiger partial charge in [0.2, 0.25) is 5.91 Å². The van der Waals surface area contributed by atoms with Crippen molar-refractivity contribution in [1.82, 2.24) is 5.32 Å². The van der Waals surface area contributed by atoms with Gasteiger partial charge in [-0.2, -0.15) is 0 Å². The third-order valence-corrected chi connectivity index (χ3v) is 2.29. The number of nitrogens with one attached hydrogen (secondary N) is 1. The second-order valence-electron chi connectivity index (χ2n) is 3.82. The summed E-state index contributed by atoms with van der Waals surface area (Å²) in [4.78, 5) is 43.3. The van der Waals surface area contributed by atoms with Gasteiger partial charge in [0, 0.05) is 19.3 Å². The van der Waals surface area contributed by atoms with Crippen LogP contribution in [0.5, 0.6) is 0 Å². The minimum Gasteiger partial charge on any atom is -0.481 e. The number of hydrogen-bond donors (Lipinski definition) is 3. The fourth-order valence-electron chi connectivity index (χ4n) is 1.29. The van der Waals surface area contributed by atoms with Gasteiger partial charge in [0.1, 0.15) is 6.04 Å². The summed E-state index contributed by atoms with van der Waals surface area (Å²) in [5.74, 6) is -3.41. The first-order valence-corrected chi connectivity index (χ1v) is 5.67. The number of carboxylic acid groups (broad SMARTS) is 2. The Morgan fingerprint density at radius 2 is 1.74 bits per heavy atom. The number of carboxylic acids is 2. The van der Waals surface area contributed by atoms with Crippen molar-refractivity contribution in [2.75, 3.05) is 7.11 Å². The molecule has 0 bridgehead atoms. The molecule has 0 saturated heterocycles. The normalized spacial score (nSPS) is 11.4. The van der Waals surface area contributed by atoms with Gasteiger partial charge in [0.05, 0.1) is 7.11 Å². The molecule has 0 spiro atoms. The van der Waals surface area contributed by atoms with Crippen LogP contribution in [0.3, 0.4) is 0 Å². The maximum absolute atomic E-state index is 11.4. The molecular formula is C11H17NO7. The SMILES string of the molecule is COC(=O)CCCC(=O)N[C@H](CCC(=O)O)C(=O)O. The predicted molar refractivity (Wildman–Crippen MR) is 62.3 cm³/mol. The van der Waals surface area contributed by atoms with Crippen LogP contribution in [0.25, 0.3) is 0 Å². The van der Waals surface area contributed by atoms with Crippen LogP contribution in [0.15, 0.2) is 0 Å². The van der Waals surface area contributed by atoms with Crippen molar-refractivity contribution in [1.29, 1.82) is 0 Å². The van der Waals surface area contributed by atoms with Crippen molar-refractivity contribution in [3.63, 3.8) is 0 Å². The van der Waals surface area contributed by atoms with Crippen molar-refractivity contribution >= 4 is 23.8 Å². The molecule has 0 heterocycles. The molecule has 0 aromatic carbocycles. The summed E-state index contributed by atoms with van der Waals surface area (Å²) in [6, 6.07) is -1.23. The topological polar surface area (TPSA) is 130 Å². The van der Waals surface area contributed by atoms with Gasteiger partial charge in [0.25, 0.3) is 0 Å². The zero-order valence-electron chi connectivity index (χ0n) is 10.5. The van der Waals surface area contributed by atoms with Crippen molar-refractivity contribution in [3.05, 3.63) is 0 Å². The van der Waals surface area contributed by atoms with Crippen LogP contribution >= 0.6 is 0 Å². The van der Waals surface area contributed by atoms with Gasteiger partial charge < -0.3 is 20.3 Å². The molecule has 0 aliphatic carbocycles. The highest BCUT2D eigenvalue weighted by atomic mass is 16.5. The van der Waals surface area contributed by atoms with Gasteiger partial charge in [-0.1, -0.05) is 0 Å². The number of amides is 1. The molecule has 0 aromatic rings. The Hall–Kier alpha value is -2.12. The number of carbonyl (C=O) groups is 4. The molecule has 0 unspecified atom stereocenters. The van der Waals surface area contributed by atoms with Crippen LogP contribution in [0, 0.1) is 0 Å². The molecule has 8 heteroatoms. The summed E-state index contributed by atoms with van der Waals surface area (Å²) in [7, 11) is 1.23. The monoisotopic (exact) mass is 275 g/mol. The van der Waals surface area contributed by atoms with E-state index in [-0.39, 0.29) is 32.1 Å². The Bertz CT molecular complexity index is 353. The number of methoxy groups -OCH3 is 1. The lowest BCUT2D eigenvalue weighted by atomic mass is 10.1. The van der Waals surface area contributed by atoms with Crippen molar-refractivity contribution in [2.45, 2.75) is 38.1 Å². The van der Waals surface area contributed by atoms with Gasteiger partial charge >= 0.3 is 17.9 Å². The van der Waals surface area contributed by atoms with Crippen LogP contribution in [0.1, 0.15) is 32.1 Å². The lowest BCUT2D eigenvalue weighted by Gasteiger charge is -2.13. The quantitative estimate of drug-likeness (QED) is 0.495. The van der Waals surface area contributed by atoms with Crippen molar-refractivity contribution in [3.8, 4) is 0 Å². The Balaban J connectivity index is 4.06. The minimum absolute atomic E-state index is 0.0219. The number of hydrogen-bond acceptors (Lipinski definition) is 5. The molecule has 0 fully saturated rings. The Labute approximate surface area is 109 Å². The fraction of sp³-hybridized carbons (Fsp3) is 0.636. The van der Waals surface area contributed by atoms with E-state index in [2.05, 4.69) is 10.1 Å². The first-order valence-electron chi connectivity index (χ1n) is 5.67. The lowest BCUT2D eigenvalue weighted by Crippen LogP contribution is -2.41. The largest absolute Gasteiger partial charge is 0.481 e. The maximum atomic E-state index is 11.4. The van der Waals surface area contributed by atoms with E-state index in [1.165, 1.54) is 7.11 Å². The van der Waals surface area contributed by atoms with E-state index in [0.29, 0.717) is 0 Å². The Morgan fingerprint density at radius 1 is 1.11 bits per heavy atom. The second kappa shape index (κ2) is 8.90. The van der Waals surface area contributed by atoms with E-state index < -0.39 is 29.9 Å². The number of carbonyl (C=O) groups excluding carboxylic acids is 2. The molecule has 3 N–H and O–H groups in total. The van der Waals surface area contributed by atoms with Crippen LogP contribution in [0.4, 0.5) is 0 Å². The maximum Gasteiger partial charge on any atom is 0.326 e. The van der Waals surface area contributed by atoms with E-state index in [1.807, 2.05) is 0 Å². The number of rotatable bonds is 9. The zero-order chi connectivity index (χ0) is 14.8. The molecule has 0 rings (SSSR count). The van der Waals surface area contributed by atoms with E-state index in [1.54, 1.807) is 0 Å². The highest BCUT2D eigenvalue weighted by Crippen LogP contribution is 2.01. The molecule has 0 aliphatic heterocycles. The molecule has 0 saturated carbocycles. The zero-order valence-corrected chi connectivity index (χ0v) is 10.5. The molecule has 19 heavy (non-hydrogen) atoms. The summed E-state index contributed by atoms with van der Waals surface area (Å²) in [6.45, 7) is 0. The van der Waals surface area contributed by atoms with Crippen LogP contribution in [-0.4, -0.2) is 47.2 Å². The molecular weight excluding hydrogens is 258 g/mol. The summed E-state index contributed by atoms with van der Waals surface area (Å²) in [6.07, 6.45) is -0.251. The lowest BCUT2D eigenvalue weighted by molar-refractivity contribution is -0.144. The number of ether oxygens (including phenoxy) is 1. The fourth-order valence-corrected chi connectivity index (χ4v) is 1.29. The van der Waals surface area contributed by atoms with Crippen LogP contribution in [0.2, 0.25) is 0 Å². The highest BCUT2D eigenvalue weighted by Gasteiger charge is 2.20. The average molecular weight is 275 g/mol. The Morgan fingerprint density at radius 3 is 2.21 bits per heavy atom. The van der Waals surface area contributed by atoms with Crippen LogP contribution in [-0.2, 0) is 23.9 Å². The average Bonchev–Trinajstić information content (AvgIpc) is 2.33. The molecule has 108 valence electrons. The summed E-state index contributed by atoms with van der Waals surface area (Å²) < 4.78 is 4.39. The van der Waals surface area contributed by atoms with Crippen molar-refractivity contribution in [2.24, 2.45) is 0 Å². The predicted octanol–water partition coefficient (Wildman–Crippen LogP) is -0.236. The van der Waals surface area contributed by atoms with Gasteiger partial charge in [-0.3, -0.25) is 14.4 Å². The first-order chi connectivity index (χ1) is 8.86. The van der Waals surface area contributed by atoms with Gasteiger partial charge in [-0.15, -0.1) is 0 Å². The minimum atomic E-state index is -1.29. The smallest absolute Gasteiger partial charge is 0.326 e. The Kier molecular flexibility index (Phi) is 7.90. The summed E-state index contributed by atoms with van der Waals surface area (Å²) >= 11 is 0. The van der Waals surface area contributed by atoms with E-state index >= 15 is 0 Å². The van der Waals surface area contributed by atoms with Gasteiger partial charge in [-0.05, 0) is 12.8 Å². The number of esters is 1. The highest BCUT2D eigenvalue weighted by molar-refractivity contribution is 5.84. The third kappa shape index (κ3) is 8.58. The van der Waals surface area contributed by atoms with Gasteiger partial charge in [0.15, 0.2) is 0 Å². The first kappa shape index (κ1) is 16.9. The standard InChI is InChI=1S/C11H17NO7/c1-19-10(16)4-2-3-8(13)12-7(11(17)18)5-6-9(14)15/h7H,2-6H2,1H3,(H,12,13)(H,14,15)(H,17,18)/t7-/m1/s1. The molecule has 1 amide bonds. The second-order valence-corrected chi connectivity index (χ2v) is 3.82. The van der Waals surface area contributed by atoms with E-state index in [4.69, 9.17) is 10.2 Å². The van der Waals surface area contributed by atoms with Crippen LogP contribution < -0.4 is 5.32 Å². The molecule has 0 aromatic heterocycles. The number of aliphatic carboxylic acids is 2. The van der Waals surface area contributed by atoms with Gasteiger partial charge in [-0.25, -0.2) is 4.79 Å². The third-order valence-electron chi connectivity index (χ3n) is 2.29. The molecule has 0 aliphatic rings. The van der Waals surface area contributed by atoms with Crippen molar-refractivity contribution < 1.29 is 34.1 Å². The molecule has 8 nitrogen and oxygen atoms in total. The molecule has 0 radical (unpaired) electrons. The summed E-state index contributed by atoms with van der Waals surface area (Å²) in [5.41, 5.74) is 0. The molecule has 1 atom stereocenters. The summed E-state index contributed by atoms with van der Waals surface area (Å²) in [5, 5.41) is 19.5. The van der Waals surface area contributed by atoms with E-state index in [9.17, 15) is 19.2 Å².